The Bertz CT molecular complexity index is 1220. The van der Waals surface area contributed by atoms with Crippen LogP contribution in [0.15, 0.2) is 11.1 Å². The standard InChI is InChI=1S/C32H46O9/c1-15(11-18(34)12-16(2)28(39)40)19-13-23(37)32(8)24-20(35)14-21-29(4,5)22(36)9-10-30(21,6)25(24)26(38)27(31(19,32)7)41-17(3)33/h15-16,19-22,27,35-36H,9-14H2,1-8H3,(H,39,40)/t15-,16-,19-,20+,21+,22+,27-,30+,31+,32+/m1/s1. The Hall–Kier alpha value is -2.39. The monoisotopic (exact) mass is 574 g/mol. The number of esters is 1. The minimum absolute atomic E-state index is 0.0164. The van der Waals surface area contributed by atoms with Gasteiger partial charge in [-0.2, -0.15) is 0 Å². The highest BCUT2D eigenvalue weighted by atomic mass is 16.5. The number of aliphatic hydroxyl groups is 2. The van der Waals surface area contributed by atoms with Gasteiger partial charge in [0.25, 0.3) is 0 Å². The van der Waals surface area contributed by atoms with Gasteiger partial charge >= 0.3 is 11.9 Å². The molecule has 10 atom stereocenters. The summed E-state index contributed by atoms with van der Waals surface area (Å²) in [5.41, 5.74) is -3.15. The van der Waals surface area contributed by atoms with Crippen molar-refractivity contribution in [2.24, 2.45) is 45.3 Å². The number of fused-ring (bicyclic) bond motifs is 4. The molecule has 0 amide bonds. The Kier molecular flexibility index (Phi) is 7.78. The number of aliphatic carboxylic acids is 1. The number of carbonyl (C=O) groups is 5. The lowest BCUT2D eigenvalue weighted by Crippen LogP contribution is -2.65. The van der Waals surface area contributed by atoms with Crippen molar-refractivity contribution in [2.75, 3.05) is 0 Å². The summed E-state index contributed by atoms with van der Waals surface area (Å²) in [4.78, 5) is 65.5. The molecule has 228 valence electrons. The summed E-state index contributed by atoms with van der Waals surface area (Å²) < 4.78 is 5.83. The van der Waals surface area contributed by atoms with E-state index in [-0.39, 0.29) is 43.2 Å². The second-order valence-electron chi connectivity index (χ2n) is 14.5. The van der Waals surface area contributed by atoms with Gasteiger partial charge in [0.2, 0.25) is 5.78 Å². The minimum Gasteiger partial charge on any atom is -0.481 e. The molecular formula is C32H46O9. The summed E-state index contributed by atoms with van der Waals surface area (Å²) in [6.45, 7) is 13.9. The highest BCUT2D eigenvalue weighted by molar-refractivity contribution is 6.08. The van der Waals surface area contributed by atoms with E-state index in [4.69, 9.17) is 4.74 Å². The Balaban J connectivity index is 1.87. The number of aliphatic hydroxyl groups excluding tert-OH is 2. The number of rotatable bonds is 7. The van der Waals surface area contributed by atoms with Crippen molar-refractivity contribution in [1.82, 2.24) is 0 Å². The molecule has 2 saturated carbocycles. The maximum absolute atomic E-state index is 14.6. The highest BCUT2D eigenvalue weighted by Crippen LogP contribution is 2.71. The molecule has 0 bridgehead atoms. The molecule has 0 radical (unpaired) electrons. The molecule has 0 aromatic carbocycles. The van der Waals surface area contributed by atoms with Crippen molar-refractivity contribution >= 4 is 29.3 Å². The zero-order valence-electron chi connectivity index (χ0n) is 25.6. The quantitative estimate of drug-likeness (QED) is 0.386. The molecule has 4 rings (SSSR count). The molecule has 0 spiro atoms. The van der Waals surface area contributed by atoms with Crippen LogP contribution in [0, 0.1) is 45.3 Å². The molecule has 4 aliphatic carbocycles. The number of carbonyl (C=O) groups excluding carboxylic acids is 4. The topological polar surface area (TPSA) is 155 Å². The smallest absolute Gasteiger partial charge is 0.306 e. The third-order valence-electron chi connectivity index (χ3n) is 12.0. The van der Waals surface area contributed by atoms with Crippen LogP contribution in [0.5, 0.6) is 0 Å². The molecular weight excluding hydrogens is 528 g/mol. The number of Topliss-reactive ketones (excluding diaryl/α,β-unsaturated/α-hetero) is 3. The predicted octanol–water partition coefficient (Wildman–Crippen LogP) is 3.67. The van der Waals surface area contributed by atoms with Gasteiger partial charge in [0.05, 0.1) is 23.5 Å². The van der Waals surface area contributed by atoms with Crippen LogP contribution >= 0.6 is 0 Å². The molecule has 2 fully saturated rings. The summed E-state index contributed by atoms with van der Waals surface area (Å²) in [6, 6.07) is 0. The predicted molar refractivity (Wildman–Crippen MR) is 148 cm³/mol. The summed E-state index contributed by atoms with van der Waals surface area (Å²) in [5.74, 6) is -4.60. The molecule has 0 aliphatic heterocycles. The van der Waals surface area contributed by atoms with Crippen molar-refractivity contribution in [3.8, 4) is 0 Å². The first-order valence-corrected chi connectivity index (χ1v) is 14.9. The lowest BCUT2D eigenvalue weighted by molar-refractivity contribution is -0.178. The van der Waals surface area contributed by atoms with Gasteiger partial charge in [0.1, 0.15) is 11.6 Å². The molecule has 0 heterocycles. The van der Waals surface area contributed by atoms with E-state index in [1.807, 2.05) is 27.7 Å². The average Bonchev–Trinajstić information content (AvgIpc) is 3.07. The maximum atomic E-state index is 14.6. The number of hydrogen-bond donors (Lipinski definition) is 3. The summed E-state index contributed by atoms with van der Waals surface area (Å²) in [6.07, 6.45) is -1.87. The van der Waals surface area contributed by atoms with Crippen molar-refractivity contribution in [1.29, 1.82) is 0 Å². The molecule has 0 aromatic heterocycles. The van der Waals surface area contributed by atoms with Gasteiger partial charge in [-0.25, -0.2) is 0 Å². The molecule has 0 aromatic rings. The Morgan fingerprint density at radius 1 is 1.02 bits per heavy atom. The molecule has 0 unspecified atom stereocenters. The summed E-state index contributed by atoms with van der Waals surface area (Å²) in [7, 11) is 0. The van der Waals surface area contributed by atoms with E-state index in [1.165, 1.54) is 13.8 Å². The third kappa shape index (κ3) is 4.36. The second kappa shape index (κ2) is 10.1. The zero-order valence-corrected chi connectivity index (χ0v) is 25.6. The van der Waals surface area contributed by atoms with E-state index >= 15 is 0 Å². The van der Waals surface area contributed by atoms with Crippen LogP contribution in [0.3, 0.4) is 0 Å². The molecule has 0 saturated heterocycles. The van der Waals surface area contributed by atoms with Crippen LogP contribution in [-0.4, -0.2) is 62.9 Å². The van der Waals surface area contributed by atoms with Gasteiger partial charge < -0.3 is 20.1 Å². The number of carboxylic acid groups (broad SMARTS) is 1. The Morgan fingerprint density at radius 3 is 2.20 bits per heavy atom. The van der Waals surface area contributed by atoms with Crippen LogP contribution in [0.2, 0.25) is 0 Å². The second-order valence-corrected chi connectivity index (χ2v) is 14.5. The molecule has 3 N–H and O–H groups in total. The zero-order chi connectivity index (χ0) is 31.0. The van der Waals surface area contributed by atoms with E-state index in [9.17, 15) is 39.3 Å². The van der Waals surface area contributed by atoms with Gasteiger partial charge in [-0.15, -0.1) is 0 Å². The number of ether oxygens (including phenoxy) is 1. The van der Waals surface area contributed by atoms with Crippen LogP contribution in [0.1, 0.15) is 93.9 Å². The van der Waals surface area contributed by atoms with Gasteiger partial charge in [0, 0.05) is 37.2 Å². The first-order valence-electron chi connectivity index (χ1n) is 14.9. The largest absolute Gasteiger partial charge is 0.481 e. The van der Waals surface area contributed by atoms with Crippen molar-refractivity contribution < 1.29 is 44.0 Å². The molecule has 41 heavy (non-hydrogen) atoms. The number of ketones is 3. The van der Waals surface area contributed by atoms with E-state index in [0.29, 0.717) is 24.0 Å². The van der Waals surface area contributed by atoms with E-state index in [1.54, 1.807) is 13.8 Å². The van der Waals surface area contributed by atoms with Crippen molar-refractivity contribution in [3.05, 3.63) is 11.1 Å². The van der Waals surface area contributed by atoms with Gasteiger partial charge in [0.15, 0.2) is 6.10 Å². The fraction of sp³-hybridized carbons (Fsp3) is 0.781. The summed E-state index contributed by atoms with van der Waals surface area (Å²) in [5, 5.41) is 31.9. The third-order valence-corrected chi connectivity index (χ3v) is 12.0. The van der Waals surface area contributed by atoms with Gasteiger partial charge in [-0.3, -0.25) is 24.0 Å². The van der Waals surface area contributed by atoms with E-state index in [2.05, 4.69) is 0 Å². The molecule has 4 aliphatic rings. The Labute approximate surface area is 242 Å². The lowest BCUT2D eigenvalue weighted by Gasteiger charge is -2.62. The van der Waals surface area contributed by atoms with Crippen molar-refractivity contribution in [2.45, 2.75) is 112 Å². The SMILES string of the molecule is CC(=O)O[C@@H]1C(=O)C2=C([C@@H](O)C[C@H]3C(C)(C)[C@@H](O)CC[C@]23C)[C@]2(C)C(=O)C[C@H]([C@H](C)CC(=O)C[C@@H](C)C(=O)O)[C@@]12C. The first kappa shape index (κ1) is 31.5. The lowest BCUT2D eigenvalue weighted by atomic mass is 9.41. The van der Waals surface area contributed by atoms with Crippen LogP contribution in [-0.2, 0) is 28.7 Å². The van der Waals surface area contributed by atoms with Gasteiger partial charge in [-0.1, -0.05) is 41.5 Å². The first-order chi connectivity index (χ1) is 18.8. The Morgan fingerprint density at radius 2 is 1.63 bits per heavy atom. The summed E-state index contributed by atoms with van der Waals surface area (Å²) >= 11 is 0. The minimum atomic E-state index is -1.33. The number of hydrogen-bond acceptors (Lipinski definition) is 8. The van der Waals surface area contributed by atoms with Crippen LogP contribution < -0.4 is 0 Å². The van der Waals surface area contributed by atoms with Gasteiger partial charge in [-0.05, 0) is 60.3 Å². The van der Waals surface area contributed by atoms with Crippen LogP contribution in [0.25, 0.3) is 0 Å². The van der Waals surface area contributed by atoms with E-state index < -0.39 is 75.4 Å². The van der Waals surface area contributed by atoms with E-state index in [0.717, 1.165) is 0 Å². The fourth-order valence-corrected chi connectivity index (χ4v) is 9.45. The average molecular weight is 575 g/mol. The maximum Gasteiger partial charge on any atom is 0.306 e. The fourth-order valence-electron chi connectivity index (χ4n) is 9.45. The molecule has 9 nitrogen and oxygen atoms in total. The van der Waals surface area contributed by atoms with Crippen molar-refractivity contribution in [3.63, 3.8) is 0 Å². The normalized spacial score (nSPS) is 41.2. The number of carboxylic acids is 1. The van der Waals surface area contributed by atoms with Crippen LogP contribution in [0.4, 0.5) is 0 Å². The molecule has 9 heteroatoms. The highest BCUT2D eigenvalue weighted by Gasteiger charge is 2.74.